The van der Waals surface area contributed by atoms with E-state index in [-0.39, 0.29) is 24.6 Å². The first-order chi connectivity index (χ1) is 11.5. The lowest BCUT2D eigenvalue weighted by molar-refractivity contribution is -0.141. The number of aromatic nitrogens is 2. The van der Waals surface area contributed by atoms with Gasteiger partial charge in [0.25, 0.3) is 5.91 Å². The van der Waals surface area contributed by atoms with E-state index >= 15 is 0 Å². The zero-order valence-corrected chi connectivity index (χ0v) is 13.5. The molecule has 1 saturated heterocycles. The van der Waals surface area contributed by atoms with Gasteiger partial charge in [-0.05, 0) is 18.2 Å². The van der Waals surface area contributed by atoms with E-state index in [0.29, 0.717) is 23.9 Å². The number of carbonyl (C=O) groups excluding carboxylic acids is 1. The topological polar surface area (TPSA) is 84.7 Å². The van der Waals surface area contributed by atoms with Gasteiger partial charge < -0.3 is 14.7 Å². The lowest BCUT2D eigenvalue weighted by Crippen LogP contribution is -2.46. The molecule has 1 aliphatic heterocycles. The summed E-state index contributed by atoms with van der Waals surface area (Å²) in [5, 5.41) is 13.7. The highest BCUT2D eigenvalue weighted by Crippen LogP contribution is 2.19. The Hall–Kier alpha value is -2.38. The smallest absolute Gasteiger partial charge is 0.306 e. The maximum Gasteiger partial charge on any atom is 0.306 e. The molecule has 1 aromatic heterocycles. The number of amides is 1. The molecule has 126 valence electrons. The molecular formula is C16H16ClN3O4. The molecule has 0 radical (unpaired) electrons. The van der Waals surface area contributed by atoms with Gasteiger partial charge in [0.2, 0.25) is 0 Å². The van der Waals surface area contributed by atoms with Crippen molar-refractivity contribution in [2.75, 3.05) is 19.7 Å². The number of benzene rings is 1. The van der Waals surface area contributed by atoms with Crippen LogP contribution in [0.15, 0.2) is 36.5 Å². The van der Waals surface area contributed by atoms with Crippen LogP contribution in [0.25, 0.3) is 5.69 Å². The standard InChI is InChI=1S/C16H16ClN3O4/c17-12-3-1-2-4-14(12)20-6-5-13(18-20)16(23)19-7-8-24-11(10-19)9-15(21)22/h1-6,11H,7-10H2,(H,21,22)/t11-/m1/s1. The van der Waals surface area contributed by atoms with Crippen molar-refractivity contribution in [3.8, 4) is 5.69 Å². The van der Waals surface area contributed by atoms with E-state index in [1.54, 1.807) is 34.0 Å². The van der Waals surface area contributed by atoms with E-state index in [2.05, 4.69) is 5.10 Å². The van der Waals surface area contributed by atoms with Crippen LogP contribution in [0.1, 0.15) is 16.9 Å². The minimum absolute atomic E-state index is 0.127. The number of carboxylic acid groups (broad SMARTS) is 1. The number of hydrogen-bond donors (Lipinski definition) is 1. The van der Waals surface area contributed by atoms with Crippen LogP contribution in [0.3, 0.4) is 0 Å². The third-order valence-electron chi connectivity index (χ3n) is 3.74. The van der Waals surface area contributed by atoms with E-state index < -0.39 is 12.1 Å². The molecule has 0 aliphatic carbocycles. The summed E-state index contributed by atoms with van der Waals surface area (Å²) in [5.74, 6) is -1.20. The van der Waals surface area contributed by atoms with Crippen LogP contribution in [0.2, 0.25) is 5.02 Å². The Balaban J connectivity index is 1.74. The first kappa shape index (κ1) is 16.5. The highest BCUT2D eigenvalue weighted by atomic mass is 35.5. The van der Waals surface area contributed by atoms with Gasteiger partial charge in [-0.1, -0.05) is 23.7 Å². The van der Waals surface area contributed by atoms with Crippen LogP contribution in [0.4, 0.5) is 0 Å². The minimum atomic E-state index is -0.947. The minimum Gasteiger partial charge on any atom is -0.481 e. The summed E-state index contributed by atoms with van der Waals surface area (Å²) in [6.45, 7) is 0.965. The van der Waals surface area contributed by atoms with Crippen molar-refractivity contribution in [3.05, 3.63) is 47.2 Å². The summed E-state index contributed by atoms with van der Waals surface area (Å²) < 4.78 is 6.92. The number of para-hydroxylation sites is 1. The number of aliphatic carboxylic acids is 1. The molecule has 0 spiro atoms. The molecule has 2 aromatic rings. The molecule has 1 aromatic carbocycles. The quantitative estimate of drug-likeness (QED) is 0.910. The molecule has 24 heavy (non-hydrogen) atoms. The van der Waals surface area contributed by atoms with E-state index in [9.17, 15) is 9.59 Å². The molecule has 8 heteroatoms. The monoisotopic (exact) mass is 349 g/mol. The fourth-order valence-corrected chi connectivity index (χ4v) is 2.82. The van der Waals surface area contributed by atoms with Gasteiger partial charge in [0, 0.05) is 19.3 Å². The van der Waals surface area contributed by atoms with Crippen LogP contribution in [-0.2, 0) is 9.53 Å². The van der Waals surface area contributed by atoms with Crippen molar-refractivity contribution in [2.45, 2.75) is 12.5 Å². The van der Waals surface area contributed by atoms with Gasteiger partial charge in [0.15, 0.2) is 5.69 Å². The van der Waals surface area contributed by atoms with Crippen LogP contribution in [-0.4, -0.2) is 57.5 Å². The van der Waals surface area contributed by atoms with Crippen molar-refractivity contribution >= 4 is 23.5 Å². The van der Waals surface area contributed by atoms with Gasteiger partial charge in [0.1, 0.15) is 0 Å². The molecule has 0 saturated carbocycles. The number of rotatable bonds is 4. The van der Waals surface area contributed by atoms with Crippen LogP contribution >= 0.6 is 11.6 Å². The average Bonchev–Trinajstić information content (AvgIpc) is 3.04. The number of carboxylic acids is 1. The Morgan fingerprint density at radius 2 is 2.12 bits per heavy atom. The number of ether oxygens (including phenoxy) is 1. The Labute approximate surface area is 143 Å². The predicted octanol–water partition coefficient (Wildman–Crippen LogP) is 1.84. The summed E-state index contributed by atoms with van der Waals surface area (Å²) >= 11 is 6.14. The number of halogens is 1. The molecule has 1 fully saturated rings. The lowest BCUT2D eigenvalue weighted by Gasteiger charge is -2.31. The molecule has 1 N–H and O–H groups in total. The summed E-state index contributed by atoms with van der Waals surface area (Å²) in [6.07, 6.45) is 1.05. The Morgan fingerprint density at radius 3 is 2.88 bits per heavy atom. The normalized spacial score (nSPS) is 17.7. The Kier molecular flexibility index (Phi) is 4.82. The zero-order valence-electron chi connectivity index (χ0n) is 12.8. The molecule has 1 aliphatic rings. The van der Waals surface area contributed by atoms with Gasteiger partial charge in [-0.3, -0.25) is 9.59 Å². The second-order valence-electron chi connectivity index (χ2n) is 5.44. The molecule has 3 rings (SSSR count). The van der Waals surface area contributed by atoms with Crippen molar-refractivity contribution in [2.24, 2.45) is 0 Å². The molecule has 7 nitrogen and oxygen atoms in total. The number of nitrogens with zero attached hydrogens (tertiary/aromatic N) is 3. The van der Waals surface area contributed by atoms with E-state index in [4.69, 9.17) is 21.4 Å². The average molecular weight is 350 g/mol. The Bertz CT molecular complexity index is 761. The third kappa shape index (κ3) is 3.58. The maximum atomic E-state index is 12.6. The van der Waals surface area contributed by atoms with Crippen molar-refractivity contribution in [1.29, 1.82) is 0 Å². The summed E-state index contributed by atoms with van der Waals surface area (Å²) in [4.78, 5) is 24.9. The highest BCUT2D eigenvalue weighted by molar-refractivity contribution is 6.32. The molecule has 1 atom stereocenters. The summed E-state index contributed by atoms with van der Waals surface area (Å²) in [5.41, 5.74) is 0.967. The van der Waals surface area contributed by atoms with Crippen LogP contribution in [0.5, 0.6) is 0 Å². The number of carbonyl (C=O) groups is 2. The highest BCUT2D eigenvalue weighted by Gasteiger charge is 2.27. The van der Waals surface area contributed by atoms with Gasteiger partial charge in [-0.25, -0.2) is 4.68 Å². The molecular weight excluding hydrogens is 334 g/mol. The fourth-order valence-electron chi connectivity index (χ4n) is 2.59. The molecule has 1 amide bonds. The van der Waals surface area contributed by atoms with Gasteiger partial charge >= 0.3 is 5.97 Å². The van der Waals surface area contributed by atoms with Crippen molar-refractivity contribution < 1.29 is 19.4 Å². The molecule has 2 heterocycles. The van der Waals surface area contributed by atoms with Crippen molar-refractivity contribution in [1.82, 2.24) is 14.7 Å². The van der Waals surface area contributed by atoms with Crippen LogP contribution in [0, 0.1) is 0 Å². The first-order valence-corrected chi connectivity index (χ1v) is 7.85. The van der Waals surface area contributed by atoms with Gasteiger partial charge in [-0.2, -0.15) is 5.10 Å². The maximum absolute atomic E-state index is 12.6. The van der Waals surface area contributed by atoms with E-state index in [1.165, 1.54) is 0 Å². The zero-order chi connectivity index (χ0) is 17.1. The largest absolute Gasteiger partial charge is 0.481 e. The first-order valence-electron chi connectivity index (χ1n) is 7.48. The van der Waals surface area contributed by atoms with E-state index in [1.807, 2.05) is 12.1 Å². The Morgan fingerprint density at radius 1 is 1.33 bits per heavy atom. The van der Waals surface area contributed by atoms with Crippen LogP contribution < -0.4 is 0 Å². The van der Waals surface area contributed by atoms with Gasteiger partial charge in [-0.15, -0.1) is 0 Å². The second-order valence-corrected chi connectivity index (χ2v) is 5.85. The van der Waals surface area contributed by atoms with Gasteiger partial charge in [0.05, 0.1) is 29.8 Å². The van der Waals surface area contributed by atoms with Crippen molar-refractivity contribution in [3.63, 3.8) is 0 Å². The molecule has 0 bridgehead atoms. The third-order valence-corrected chi connectivity index (χ3v) is 4.06. The number of morpholine rings is 1. The predicted molar refractivity (Wildman–Crippen MR) is 86.5 cm³/mol. The number of hydrogen-bond acceptors (Lipinski definition) is 4. The summed E-state index contributed by atoms with van der Waals surface area (Å²) in [7, 11) is 0. The molecule has 0 unspecified atom stereocenters. The summed E-state index contributed by atoms with van der Waals surface area (Å²) in [6, 6.07) is 8.83. The van der Waals surface area contributed by atoms with E-state index in [0.717, 1.165) is 0 Å². The second kappa shape index (κ2) is 7.02. The SMILES string of the molecule is O=C(O)C[C@@H]1CN(C(=O)c2ccn(-c3ccccc3Cl)n2)CCO1. The lowest BCUT2D eigenvalue weighted by atomic mass is 10.2. The fraction of sp³-hybridized carbons (Fsp3) is 0.312.